The van der Waals surface area contributed by atoms with Gasteiger partial charge in [-0.25, -0.2) is 13.2 Å². The molecule has 2 rings (SSSR count). The van der Waals surface area contributed by atoms with E-state index < -0.39 is 15.7 Å². The average Bonchev–Trinajstić information content (AvgIpc) is 2.65. The number of fused-ring (bicyclic) bond motifs is 1. The number of imidazole rings is 1. The van der Waals surface area contributed by atoms with Crippen molar-refractivity contribution in [1.29, 1.82) is 0 Å². The molecular formula is C8H9N5O3S2. The van der Waals surface area contributed by atoms with E-state index in [1.54, 1.807) is 0 Å². The molecule has 0 spiro atoms. The highest BCUT2D eigenvalue weighted by molar-refractivity contribution is 7.89. The van der Waals surface area contributed by atoms with E-state index in [0.717, 1.165) is 0 Å². The number of sulfonamides is 1. The van der Waals surface area contributed by atoms with Gasteiger partial charge in [0.15, 0.2) is 5.11 Å². The van der Waals surface area contributed by atoms with Gasteiger partial charge in [-0.1, -0.05) is 0 Å². The van der Waals surface area contributed by atoms with Crippen LogP contribution in [0.4, 0.5) is 0 Å². The minimum absolute atomic E-state index is 0.0333. The number of hydrogen-bond donors (Lipinski definition) is 5. The lowest BCUT2D eigenvalue weighted by atomic mass is 10.3. The van der Waals surface area contributed by atoms with Crippen molar-refractivity contribution in [2.24, 2.45) is 5.73 Å². The highest BCUT2D eigenvalue weighted by Crippen LogP contribution is 2.14. The average molecular weight is 287 g/mol. The molecule has 0 amide bonds. The summed E-state index contributed by atoms with van der Waals surface area (Å²) >= 11 is 4.48. The molecule has 96 valence electrons. The lowest BCUT2D eigenvalue weighted by Crippen LogP contribution is -2.44. The Morgan fingerprint density at radius 2 is 1.94 bits per heavy atom. The number of rotatable bonds is 3. The van der Waals surface area contributed by atoms with Crippen LogP contribution in [0.2, 0.25) is 0 Å². The molecule has 1 aromatic carbocycles. The van der Waals surface area contributed by atoms with Gasteiger partial charge in [-0.2, -0.15) is 0 Å². The van der Waals surface area contributed by atoms with Gasteiger partial charge in [-0.15, -0.1) is 4.83 Å². The first kappa shape index (κ1) is 12.5. The van der Waals surface area contributed by atoms with Crippen LogP contribution in [0, 0.1) is 0 Å². The smallest absolute Gasteiger partial charge is 0.323 e. The topological polar surface area (TPSA) is 133 Å². The van der Waals surface area contributed by atoms with E-state index in [9.17, 15) is 13.2 Å². The van der Waals surface area contributed by atoms with Crippen molar-refractivity contribution in [2.45, 2.75) is 4.90 Å². The first-order chi connectivity index (χ1) is 8.38. The largest absolute Gasteiger partial charge is 0.375 e. The second-order valence-corrected chi connectivity index (χ2v) is 5.50. The highest BCUT2D eigenvalue weighted by atomic mass is 32.2. The molecule has 0 radical (unpaired) electrons. The second kappa shape index (κ2) is 4.40. The number of hydrazine groups is 1. The van der Waals surface area contributed by atoms with E-state index in [2.05, 4.69) is 27.6 Å². The van der Waals surface area contributed by atoms with Crippen molar-refractivity contribution >= 4 is 38.4 Å². The van der Waals surface area contributed by atoms with Crippen LogP contribution in [-0.4, -0.2) is 23.5 Å². The van der Waals surface area contributed by atoms with Gasteiger partial charge in [0.05, 0.1) is 15.9 Å². The van der Waals surface area contributed by atoms with Crippen LogP contribution in [0.15, 0.2) is 27.9 Å². The molecule has 0 unspecified atom stereocenters. The Bertz CT molecular complexity index is 760. The second-order valence-electron chi connectivity index (χ2n) is 3.38. The first-order valence-corrected chi connectivity index (χ1v) is 6.57. The number of aromatic amines is 2. The molecule has 0 atom stereocenters. The summed E-state index contributed by atoms with van der Waals surface area (Å²) in [5, 5.41) is -0.199. The van der Waals surface area contributed by atoms with E-state index in [-0.39, 0.29) is 10.0 Å². The Morgan fingerprint density at radius 3 is 2.61 bits per heavy atom. The van der Waals surface area contributed by atoms with Gasteiger partial charge >= 0.3 is 5.69 Å². The summed E-state index contributed by atoms with van der Waals surface area (Å²) in [4.78, 5) is 18.0. The zero-order chi connectivity index (χ0) is 13.3. The van der Waals surface area contributed by atoms with E-state index in [1.807, 2.05) is 4.83 Å². The normalized spacial score (nSPS) is 11.6. The maximum Gasteiger partial charge on any atom is 0.323 e. The Hall–Kier alpha value is -1.91. The number of hydrogen-bond acceptors (Lipinski definition) is 4. The van der Waals surface area contributed by atoms with Crippen LogP contribution in [-0.2, 0) is 10.0 Å². The Morgan fingerprint density at radius 1 is 1.28 bits per heavy atom. The summed E-state index contributed by atoms with van der Waals surface area (Å²) in [5.41, 5.74) is 7.74. The molecule has 0 bridgehead atoms. The molecular weight excluding hydrogens is 278 g/mol. The SMILES string of the molecule is NC(=S)NNS(=O)(=O)c1ccc2[nH]c(=O)[nH]c2c1. The molecule has 18 heavy (non-hydrogen) atoms. The quantitative estimate of drug-likeness (QED) is 0.359. The fraction of sp³-hybridized carbons (Fsp3) is 0. The summed E-state index contributed by atoms with van der Waals surface area (Å²) in [5.74, 6) is 0. The third-order valence-corrected chi connectivity index (χ3v) is 3.45. The molecule has 6 N–H and O–H groups in total. The van der Waals surface area contributed by atoms with Gasteiger partial charge < -0.3 is 15.7 Å². The maximum absolute atomic E-state index is 11.8. The molecule has 1 heterocycles. The summed E-state index contributed by atoms with van der Waals surface area (Å²) in [7, 11) is -3.80. The molecule has 0 aliphatic carbocycles. The monoisotopic (exact) mass is 287 g/mol. The Kier molecular flexibility index (Phi) is 3.07. The molecule has 1 aromatic heterocycles. The molecule has 10 heteroatoms. The van der Waals surface area contributed by atoms with Crippen LogP contribution in [0.5, 0.6) is 0 Å². The number of benzene rings is 1. The molecule has 0 saturated carbocycles. The predicted molar refractivity (Wildman–Crippen MR) is 69.2 cm³/mol. The minimum Gasteiger partial charge on any atom is -0.375 e. The van der Waals surface area contributed by atoms with Crippen molar-refractivity contribution in [2.75, 3.05) is 0 Å². The molecule has 0 saturated heterocycles. The zero-order valence-corrected chi connectivity index (χ0v) is 10.5. The zero-order valence-electron chi connectivity index (χ0n) is 8.85. The highest BCUT2D eigenvalue weighted by Gasteiger charge is 2.14. The van der Waals surface area contributed by atoms with Crippen molar-refractivity contribution < 1.29 is 8.42 Å². The fourth-order valence-electron chi connectivity index (χ4n) is 1.36. The van der Waals surface area contributed by atoms with Gasteiger partial charge in [0, 0.05) is 0 Å². The van der Waals surface area contributed by atoms with E-state index in [4.69, 9.17) is 5.73 Å². The van der Waals surface area contributed by atoms with Crippen LogP contribution in [0.25, 0.3) is 11.0 Å². The molecule has 0 aliphatic rings. The lowest BCUT2D eigenvalue weighted by Gasteiger charge is -2.07. The standard InChI is InChI=1S/C8H9N5O3S2/c9-7(17)12-13-18(15,16)4-1-2-5-6(3-4)11-8(14)10-5/h1-3,13H,(H3,9,12,17)(H2,10,11,14). The van der Waals surface area contributed by atoms with Crippen molar-refractivity contribution in [3.63, 3.8) is 0 Å². The number of thiocarbonyl (C=S) groups is 1. The third kappa shape index (κ3) is 2.50. The third-order valence-electron chi connectivity index (χ3n) is 2.11. The van der Waals surface area contributed by atoms with Gasteiger partial charge in [-0.05, 0) is 30.4 Å². The lowest BCUT2D eigenvalue weighted by molar-refractivity contribution is 0.577. The Balaban J connectivity index is 2.41. The number of H-pyrrole nitrogens is 2. The maximum atomic E-state index is 11.8. The minimum atomic E-state index is -3.80. The number of aromatic nitrogens is 2. The first-order valence-electron chi connectivity index (χ1n) is 4.68. The van der Waals surface area contributed by atoms with Crippen LogP contribution in [0.3, 0.4) is 0 Å². The summed E-state index contributed by atoms with van der Waals surface area (Å²) in [6.07, 6.45) is 0. The van der Waals surface area contributed by atoms with Crippen molar-refractivity contribution in [3.8, 4) is 0 Å². The predicted octanol–water partition coefficient (Wildman–Crippen LogP) is -1.12. The molecule has 2 aromatic rings. The van der Waals surface area contributed by atoms with Gasteiger partial charge in [0.1, 0.15) is 0 Å². The molecule has 8 nitrogen and oxygen atoms in total. The van der Waals surface area contributed by atoms with Gasteiger partial charge in [0.25, 0.3) is 10.0 Å². The summed E-state index contributed by atoms with van der Waals surface area (Å²) in [6.45, 7) is 0. The van der Waals surface area contributed by atoms with Crippen LogP contribution in [0.1, 0.15) is 0 Å². The van der Waals surface area contributed by atoms with Crippen LogP contribution >= 0.6 is 12.2 Å². The summed E-state index contributed by atoms with van der Waals surface area (Å²) in [6, 6.07) is 4.13. The van der Waals surface area contributed by atoms with E-state index >= 15 is 0 Å². The fourth-order valence-corrected chi connectivity index (χ4v) is 2.35. The van der Waals surface area contributed by atoms with Gasteiger partial charge in [0.2, 0.25) is 0 Å². The van der Waals surface area contributed by atoms with Crippen molar-refractivity contribution in [1.82, 2.24) is 20.2 Å². The van der Waals surface area contributed by atoms with Crippen molar-refractivity contribution in [3.05, 3.63) is 28.7 Å². The number of nitrogens with two attached hydrogens (primary N) is 1. The van der Waals surface area contributed by atoms with Gasteiger partial charge in [-0.3, -0.25) is 5.43 Å². The molecule has 0 aliphatic heterocycles. The summed E-state index contributed by atoms with van der Waals surface area (Å²) < 4.78 is 23.6. The molecule has 0 fully saturated rings. The Labute approximate surface area is 107 Å². The number of nitrogens with one attached hydrogen (secondary N) is 4. The van der Waals surface area contributed by atoms with E-state index in [0.29, 0.717) is 11.0 Å². The van der Waals surface area contributed by atoms with Crippen LogP contribution < -0.4 is 21.7 Å². The van der Waals surface area contributed by atoms with E-state index in [1.165, 1.54) is 18.2 Å².